The van der Waals surface area contributed by atoms with Crippen LogP contribution in [0.25, 0.3) is 11.3 Å². The van der Waals surface area contributed by atoms with Crippen molar-refractivity contribution in [2.45, 2.75) is 57.8 Å². The standard InChI is InChI=1S/C40H43N5O6/c46-32-10-8-30(9-11-32)41-38(47)35-22-37(44-13-4-3-7-36(35)44)33-20-27-12-14-43(40(49)50)23-29(27)21-34(33)39(48)45-24-28-6-2-1-5-26(28)19-31(45)25-42-15-17-51-18-16-42/h1-2,5-6,8-11,20-22,31,46H,3-4,7,12-19,23-25H2,(H,41,47)(H,49,50)/t31-/m0/s1. The lowest BCUT2D eigenvalue weighted by molar-refractivity contribution is 0.0193. The molecule has 5 heterocycles. The number of carbonyl (C=O) groups is 3. The Balaban J connectivity index is 1.22. The number of carbonyl (C=O) groups excluding carboxylic acids is 2. The minimum Gasteiger partial charge on any atom is -0.508 e. The molecule has 0 unspecified atom stereocenters. The van der Waals surface area contributed by atoms with Crippen LogP contribution < -0.4 is 5.32 Å². The predicted octanol–water partition coefficient (Wildman–Crippen LogP) is 5.38. The number of amides is 3. The average molecular weight is 690 g/mol. The van der Waals surface area contributed by atoms with Gasteiger partial charge in [-0.3, -0.25) is 14.5 Å². The third kappa shape index (κ3) is 6.59. The van der Waals surface area contributed by atoms with Crippen LogP contribution in [0.15, 0.2) is 66.7 Å². The van der Waals surface area contributed by atoms with E-state index in [-0.39, 0.29) is 30.2 Å². The number of benzene rings is 3. The number of morpholine rings is 1. The lowest BCUT2D eigenvalue weighted by atomic mass is 9.89. The zero-order valence-electron chi connectivity index (χ0n) is 28.6. The first-order valence-electron chi connectivity index (χ1n) is 18.0. The van der Waals surface area contributed by atoms with Crippen molar-refractivity contribution in [2.24, 2.45) is 0 Å². The average Bonchev–Trinajstić information content (AvgIpc) is 3.54. The highest BCUT2D eigenvalue weighted by atomic mass is 16.5. The monoisotopic (exact) mass is 689 g/mol. The Hall–Kier alpha value is -5.13. The van der Waals surface area contributed by atoms with Crippen molar-refractivity contribution in [3.05, 3.63) is 106 Å². The van der Waals surface area contributed by atoms with Crippen LogP contribution in [0.1, 0.15) is 61.5 Å². The summed E-state index contributed by atoms with van der Waals surface area (Å²) < 4.78 is 7.83. The highest BCUT2D eigenvalue weighted by molar-refractivity contribution is 6.07. The second-order valence-corrected chi connectivity index (χ2v) is 14.1. The Labute approximate surface area is 297 Å². The van der Waals surface area contributed by atoms with E-state index in [2.05, 4.69) is 39.0 Å². The lowest BCUT2D eigenvalue weighted by Crippen LogP contribution is -2.52. The molecule has 11 heteroatoms. The maximum absolute atomic E-state index is 15.2. The van der Waals surface area contributed by atoms with Crippen LogP contribution in [0.3, 0.4) is 0 Å². The number of ether oxygens (including phenoxy) is 1. The summed E-state index contributed by atoms with van der Waals surface area (Å²) >= 11 is 0. The van der Waals surface area contributed by atoms with Gasteiger partial charge >= 0.3 is 6.09 Å². The number of phenols is 1. The molecule has 8 rings (SSSR count). The van der Waals surface area contributed by atoms with Crippen molar-refractivity contribution >= 4 is 23.6 Å². The van der Waals surface area contributed by atoms with Crippen LogP contribution in [0.4, 0.5) is 10.5 Å². The highest BCUT2D eigenvalue weighted by Gasteiger charge is 2.35. The molecule has 0 aliphatic carbocycles. The Morgan fingerprint density at radius 3 is 2.37 bits per heavy atom. The largest absolute Gasteiger partial charge is 0.508 e. The first-order chi connectivity index (χ1) is 24.8. The Morgan fingerprint density at radius 2 is 1.59 bits per heavy atom. The van der Waals surface area contributed by atoms with Crippen LogP contribution in [0, 0.1) is 0 Å². The zero-order valence-corrected chi connectivity index (χ0v) is 28.6. The molecule has 51 heavy (non-hydrogen) atoms. The Kier molecular flexibility index (Phi) is 8.99. The number of nitrogens with zero attached hydrogens (tertiary/aromatic N) is 4. The molecule has 0 spiro atoms. The summed E-state index contributed by atoms with van der Waals surface area (Å²) in [7, 11) is 0. The molecule has 3 aromatic carbocycles. The molecule has 4 aliphatic rings. The van der Waals surface area contributed by atoms with Gasteiger partial charge in [0.1, 0.15) is 5.75 Å². The number of nitrogens with one attached hydrogen (secondary N) is 1. The zero-order chi connectivity index (χ0) is 35.1. The lowest BCUT2D eigenvalue weighted by Gasteiger charge is -2.41. The number of phenolic OH excluding ortho intramolecular Hbond substituents is 1. The molecule has 4 aliphatic heterocycles. The molecule has 11 nitrogen and oxygen atoms in total. The van der Waals surface area contributed by atoms with Gasteiger partial charge in [0.25, 0.3) is 11.8 Å². The molecule has 0 radical (unpaired) electrons. The summed E-state index contributed by atoms with van der Waals surface area (Å²) in [5.41, 5.74) is 8.49. The van der Waals surface area contributed by atoms with E-state index in [0.29, 0.717) is 49.5 Å². The van der Waals surface area contributed by atoms with E-state index in [1.165, 1.54) is 22.6 Å². The summed E-state index contributed by atoms with van der Waals surface area (Å²) in [6.07, 6.45) is 2.97. The number of rotatable bonds is 6. The molecule has 4 aromatic rings. The van der Waals surface area contributed by atoms with Gasteiger partial charge in [0.05, 0.1) is 18.8 Å². The molecule has 1 saturated heterocycles. The quantitative estimate of drug-likeness (QED) is 0.232. The van der Waals surface area contributed by atoms with Gasteiger partial charge < -0.3 is 34.6 Å². The summed E-state index contributed by atoms with van der Waals surface area (Å²) in [5, 5.41) is 22.6. The van der Waals surface area contributed by atoms with Gasteiger partial charge in [0, 0.05) is 80.1 Å². The number of fused-ring (bicyclic) bond motifs is 3. The fourth-order valence-corrected chi connectivity index (χ4v) is 8.23. The van der Waals surface area contributed by atoms with Gasteiger partial charge in [-0.1, -0.05) is 24.3 Å². The summed E-state index contributed by atoms with van der Waals surface area (Å²) in [6, 6.07) is 20.6. The molecule has 1 atom stereocenters. The number of carboxylic acid groups (broad SMARTS) is 1. The fourth-order valence-electron chi connectivity index (χ4n) is 8.23. The molecule has 0 saturated carbocycles. The SMILES string of the molecule is O=C(Nc1ccc(O)cc1)c1cc(-c2cc3c(cc2C(=O)N2Cc4ccccc4C[C@H]2CN2CCOCC2)CN(C(=O)O)CC3)n2c1CCCC2. The van der Waals surface area contributed by atoms with E-state index >= 15 is 4.79 Å². The number of hydrogen-bond donors (Lipinski definition) is 3. The molecule has 0 bridgehead atoms. The smallest absolute Gasteiger partial charge is 0.407 e. The second-order valence-electron chi connectivity index (χ2n) is 14.1. The van der Waals surface area contributed by atoms with E-state index in [1.54, 1.807) is 12.1 Å². The number of aromatic hydroxyl groups is 1. The van der Waals surface area contributed by atoms with Gasteiger partial charge in [-0.15, -0.1) is 0 Å². The van der Waals surface area contributed by atoms with Gasteiger partial charge in [0.2, 0.25) is 0 Å². The molecular formula is C40H43N5O6. The van der Waals surface area contributed by atoms with E-state index in [4.69, 9.17) is 4.74 Å². The number of anilines is 1. The Bertz CT molecular complexity index is 1980. The molecule has 1 fully saturated rings. The molecule has 3 amide bonds. The summed E-state index contributed by atoms with van der Waals surface area (Å²) in [5.74, 6) is -0.204. The first-order valence-corrected chi connectivity index (χ1v) is 18.0. The van der Waals surface area contributed by atoms with Crippen LogP contribution in [0.5, 0.6) is 5.75 Å². The Morgan fingerprint density at radius 1 is 0.804 bits per heavy atom. The van der Waals surface area contributed by atoms with Crippen molar-refractivity contribution in [2.75, 3.05) is 44.7 Å². The van der Waals surface area contributed by atoms with E-state index in [1.807, 2.05) is 23.1 Å². The minimum absolute atomic E-state index is 0.0576. The van der Waals surface area contributed by atoms with Crippen molar-refractivity contribution in [1.29, 1.82) is 0 Å². The minimum atomic E-state index is -0.972. The van der Waals surface area contributed by atoms with E-state index in [9.17, 15) is 19.8 Å². The van der Waals surface area contributed by atoms with Gasteiger partial charge in [-0.25, -0.2) is 4.79 Å². The van der Waals surface area contributed by atoms with E-state index in [0.717, 1.165) is 85.5 Å². The van der Waals surface area contributed by atoms with Crippen LogP contribution in [0.2, 0.25) is 0 Å². The normalized spacial score (nSPS) is 18.8. The molecule has 264 valence electrons. The van der Waals surface area contributed by atoms with Crippen molar-refractivity contribution < 1.29 is 29.3 Å². The maximum atomic E-state index is 15.2. The molecule has 1 aromatic heterocycles. The summed E-state index contributed by atoms with van der Waals surface area (Å²) in [6.45, 7) is 5.53. The van der Waals surface area contributed by atoms with Crippen molar-refractivity contribution in [3.63, 3.8) is 0 Å². The highest BCUT2D eigenvalue weighted by Crippen LogP contribution is 2.37. The van der Waals surface area contributed by atoms with Crippen molar-refractivity contribution in [3.8, 4) is 17.0 Å². The van der Waals surface area contributed by atoms with Crippen LogP contribution in [-0.4, -0.2) is 92.8 Å². The third-order valence-corrected chi connectivity index (χ3v) is 10.9. The number of hydrogen-bond acceptors (Lipinski definition) is 6. The number of aromatic nitrogens is 1. The van der Waals surface area contributed by atoms with E-state index < -0.39 is 6.09 Å². The predicted molar refractivity (Wildman–Crippen MR) is 192 cm³/mol. The topological polar surface area (TPSA) is 128 Å². The third-order valence-electron chi connectivity index (χ3n) is 10.9. The molecular weight excluding hydrogens is 646 g/mol. The van der Waals surface area contributed by atoms with Crippen molar-refractivity contribution in [1.82, 2.24) is 19.3 Å². The molecule has 3 N–H and O–H groups in total. The fraction of sp³-hybridized carbons (Fsp3) is 0.375. The summed E-state index contributed by atoms with van der Waals surface area (Å²) in [4.78, 5) is 46.8. The maximum Gasteiger partial charge on any atom is 0.407 e. The van der Waals surface area contributed by atoms with Gasteiger partial charge in [-0.05, 0) is 96.8 Å². The van der Waals surface area contributed by atoms with Gasteiger partial charge in [0.15, 0.2) is 0 Å². The first kappa shape index (κ1) is 33.0. The van der Waals surface area contributed by atoms with Gasteiger partial charge in [-0.2, -0.15) is 0 Å². The van der Waals surface area contributed by atoms with Crippen LogP contribution >= 0.6 is 0 Å². The van der Waals surface area contributed by atoms with Crippen LogP contribution in [-0.2, 0) is 43.6 Å². The second kappa shape index (κ2) is 13.9.